The van der Waals surface area contributed by atoms with Crippen LogP contribution in [0, 0.1) is 20.8 Å². The van der Waals surface area contributed by atoms with E-state index >= 15 is 0 Å². The summed E-state index contributed by atoms with van der Waals surface area (Å²) >= 11 is 12.0. The fourth-order valence-electron chi connectivity index (χ4n) is 1.56. The van der Waals surface area contributed by atoms with Gasteiger partial charge in [-0.2, -0.15) is 0 Å². The van der Waals surface area contributed by atoms with Gasteiger partial charge in [-0.1, -0.05) is 23.2 Å². The summed E-state index contributed by atoms with van der Waals surface area (Å²) in [5.74, 6) is 0.646. The Balaban J connectivity index is 2.61. The van der Waals surface area contributed by atoms with Crippen molar-refractivity contribution in [2.24, 2.45) is 0 Å². The van der Waals surface area contributed by atoms with Crippen molar-refractivity contribution in [1.29, 1.82) is 0 Å². The zero-order valence-electron chi connectivity index (χ0n) is 9.88. The minimum Gasteiger partial charge on any atom is -0.233 e. The van der Waals surface area contributed by atoms with E-state index in [0.717, 1.165) is 22.5 Å². The molecule has 1 aromatic heterocycles. The Morgan fingerprint density at radius 1 is 0.941 bits per heavy atom. The topological polar surface area (TPSA) is 25.8 Å². The quantitative estimate of drug-likeness (QED) is 0.766. The highest BCUT2D eigenvalue weighted by Crippen LogP contribution is 2.28. The van der Waals surface area contributed by atoms with Crippen molar-refractivity contribution in [3.05, 3.63) is 45.2 Å². The molecule has 0 aliphatic heterocycles. The van der Waals surface area contributed by atoms with Gasteiger partial charge in [-0.25, -0.2) is 9.97 Å². The molecule has 1 heterocycles. The van der Waals surface area contributed by atoms with Crippen LogP contribution in [-0.2, 0) is 0 Å². The molecule has 0 aliphatic rings. The summed E-state index contributed by atoms with van der Waals surface area (Å²) in [4.78, 5) is 8.91. The van der Waals surface area contributed by atoms with Gasteiger partial charge in [-0.15, -0.1) is 0 Å². The lowest BCUT2D eigenvalue weighted by Gasteiger charge is -2.08. The Morgan fingerprint density at radius 2 is 1.53 bits per heavy atom. The minimum atomic E-state index is 0.570. The van der Waals surface area contributed by atoms with E-state index < -0.39 is 0 Å². The SMILES string of the molecule is Cc1nc(-c2ccc(Cl)cc2Cl)nc(C)c1C. The van der Waals surface area contributed by atoms with Crippen LogP contribution in [0.3, 0.4) is 0 Å². The zero-order valence-corrected chi connectivity index (χ0v) is 11.4. The van der Waals surface area contributed by atoms with E-state index in [-0.39, 0.29) is 0 Å². The molecule has 0 spiro atoms. The summed E-state index contributed by atoms with van der Waals surface area (Å²) in [6, 6.07) is 5.33. The van der Waals surface area contributed by atoms with Crippen LogP contribution in [0.15, 0.2) is 18.2 Å². The fraction of sp³-hybridized carbons (Fsp3) is 0.231. The first-order valence-corrected chi connectivity index (χ1v) is 6.02. The first kappa shape index (κ1) is 12.3. The van der Waals surface area contributed by atoms with E-state index in [2.05, 4.69) is 9.97 Å². The Kier molecular flexibility index (Phi) is 3.36. The van der Waals surface area contributed by atoms with Crippen molar-refractivity contribution in [2.45, 2.75) is 20.8 Å². The van der Waals surface area contributed by atoms with E-state index in [9.17, 15) is 0 Å². The Labute approximate surface area is 111 Å². The Morgan fingerprint density at radius 3 is 2.06 bits per heavy atom. The van der Waals surface area contributed by atoms with Gasteiger partial charge >= 0.3 is 0 Å². The lowest BCUT2D eigenvalue weighted by Crippen LogP contribution is -1.99. The van der Waals surface area contributed by atoms with Crippen molar-refractivity contribution < 1.29 is 0 Å². The third kappa shape index (κ3) is 2.43. The smallest absolute Gasteiger partial charge is 0.161 e. The molecule has 0 unspecified atom stereocenters. The van der Waals surface area contributed by atoms with Crippen LogP contribution < -0.4 is 0 Å². The highest BCUT2D eigenvalue weighted by Gasteiger charge is 2.10. The number of halogens is 2. The summed E-state index contributed by atoms with van der Waals surface area (Å²) in [5.41, 5.74) is 3.86. The average molecular weight is 267 g/mol. The third-order valence-electron chi connectivity index (χ3n) is 2.80. The van der Waals surface area contributed by atoms with Crippen molar-refractivity contribution in [3.8, 4) is 11.4 Å². The van der Waals surface area contributed by atoms with Gasteiger partial charge in [0.15, 0.2) is 5.82 Å². The first-order valence-electron chi connectivity index (χ1n) is 5.26. The Bertz CT molecular complexity index is 557. The number of rotatable bonds is 1. The molecule has 0 aliphatic carbocycles. The lowest BCUT2D eigenvalue weighted by atomic mass is 10.1. The maximum Gasteiger partial charge on any atom is 0.161 e. The molecule has 0 radical (unpaired) electrons. The number of benzene rings is 1. The molecule has 2 nitrogen and oxygen atoms in total. The molecular weight excluding hydrogens is 255 g/mol. The molecule has 0 amide bonds. The van der Waals surface area contributed by atoms with E-state index in [0.29, 0.717) is 15.9 Å². The molecule has 0 atom stereocenters. The molecule has 0 fully saturated rings. The molecule has 17 heavy (non-hydrogen) atoms. The van der Waals surface area contributed by atoms with Crippen molar-refractivity contribution in [1.82, 2.24) is 9.97 Å². The van der Waals surface area contributed by atoms with Crippen molar-refractivity contribution in [3.63, 3.8) is 0 Å². The standard InChI is InChI=1S/C13H12Cl2N2/c1-7-8(2)16-13(17-9(7)3)11-5-4-10(14)6-12(11)15/h4-6H,1-3H3. The van der Waals surface area contributed by atoms with Gasteiger partial charge in [-0.05, 0) is 44.5 Å². The molecule has 0 N–H and O–H groups in total. The summed E-state index contributed by atoms with van der Waals surface area (Å²) in [6.45, 7) is 5.95. The van der Waals surface area contributed by atoms with Gasteiger partial charge in [0, 0.05) is 22.0 Å². The molecule has 0 bridgehead atoms. The predicted molar refractivity (Wildman–Crippen MR) is 71.7 cm³/mol. The van der Waals surface area contributed by atoms with Gasteiger partial charge in [-0.3, -0.25) is 0 Å². The van der Waals surface area contributed by atoms with E-state index in [1.807, 2.05) is 26.8 Å². The van der Waals surface area contributed by atoms with Gasteiger partial charge < -0.3 is 0 Å². The molecule has 2 aromatic rings. The van der Waals surface area contributed by atoms with E-state index in [1.54, 1.807) is 12.1 Å². The molecule has 88 valence electrons. The number of hydrogen-bond acceptors (Lipinski definition) is 2. The fourth-order valence-corrected chi connectivity index (χ4v) is 2.06. The molecule has 1 aromatic carbocycles. The Hall–Kier alpha value is -1.12. The van der Waals surface area contributed by atoms with E-state index in [1.165, 1.54) is 0 Å². The second-order valence-corrected chi connectivity index (χ2v) is 4.81. The van der Waals surface area contributed by atoms with Gasteiger partial charge in [0.1, 0.15) is 0 Å². The predicted octanol–water partition coefficient (Wildman–Crippen LogP) is 4.38. The third-order valence-corrected chi connectivity index (χ3v) is 3.35. The maximum absolute atomic E-state index is 6.14. The van der Waals surface area contributed by atoms with Gasteiger partial charge in [0.25, 0.3) is 0 Å². The molecule has 4 heteroatoms. The van der Waals surface area contributed by atoms with Crippen LogP contribution in [0.1, 0.15) is 17.0 Å². The van der Waals surface area contributed by atoms with Crippen LogP contribution in [-0.4, -0.2) is 9.97 Å². The van der Waals surface area contributed by atoms with Crippen molar-refractivity contribution >= 4 is 23.2 Å². The maximum atomic E-state index is 6.14. The number of aryl methyl sites for hydroxylation is 2. The van der Waals surface area contributed by atoms with Crippen LogP contribution >= 0.6 is 23.2 Å². The number of nitrogens with zero attached hydrogens (tertiary/aromatic N) is 2. The summed E-state index contributed by atoms with van der Waals surface area (Å²) in [5, 5.41) is 1.18. The average Bonchev–Trinajstić information content (AvgIpc) is 2.25. The van der Waals surface area contributed by atoms with Crippen LogP contribution in [0.25, 0.3) is 11.4 Å². The minimum absolute atomic E-state index is 0.570. The van der Waals surface area contributed by atoms with Crippen LogP contribution in [0.5, 0.6) is 0 Å². The van der Waals surface area contributed by atoms with E-state index in [4.69, 9.17) is 23.2 Å². The van der Waals surface area contributed by atoms with Gasteiger partial charge in [0.2, 0.25) is 0 Å². The summed E-state index contributed by atoms with van der Waals surface area (Å²) < 4.78 is 0. The number of hydrogen-bond donors (Lipinski definition) is 0. The van der Waals surface area contributed by atoms with Crippen LogP contribution in [0.2, 0.25) is 10.0 Å². The lowest BCUT2D eigenvalue weighted by molar-refractivity contribution is 1.02. The van der Waals surface area contributed by atoms with Crippen LogP contribution in [0.4, 0.5) is 0 Å². The largest absolute Gasteiger partial charge is 0.233 e. The zero-order chi connectivity index (χ0) is 12.6. The highest BCUT2D eigenvalue weighted by molar-refractivity contribution is 6.36. The summed E-state index contributed by atoms with van der Waals surface area (Å²) in [7, 11) is 0. The molecular formula is C13H12Cl2N2. The first-order chi connectivity index (χ1) is 7.99. The second kappa shape index (κ2) is 4.63. The van der Waals surface area contributed by atoms with Gasteiger partial charge in [0.05, 0.1) is 5.02 Å². The molecule has 0 saturated heterocycles. The normalized spacial score (nSPS) is 10.6. The molecule has 0 saturated carbocycles. The highest BCUT2D eigenvalue weighted by atomic mass is 35.5. The monoisotopic (exact) mass is 266 g/mol. The molecule has 2 rings (SSSR count). The number of aromatic nitrogens is 2. The summed E-state index contributed by atoms with van der Waals surface area (Å²) in [6.07, 6.45) is 0. The second-order valence-electron chi connectivity index (χ2n) is 3.97. The van der Waals surface area contributed by atoms with Crippen molar-refractivity contribution in [2.75, 3.05) is 0 Å².